The molecule has 2 heterocycles. The summed E-state index contributed by atoms with van der Waals surface area (Å²) in [5, 5.41) is 11.0. The molecular weight excluding hydrogens is 405 g/mol. The SMILES string of the molecule is CC1CN(C2=C(c3ccc([N+](=O)[O-])cc3)C(=O)N(c3ccc(F)cc3)C2=O)CC(C)O1. The second-order valence-electron chi connectivity index (χ2n) is 7.61. The Labute approximate surface area is 177 Å². The third-order valence-electron chi connectivity index (χ3n) is 5.25. The molecule has 1 saturated heterocycles. The maximum Gasteiger partial charge on any atom is 0.282 e. The van der Waals surface area contributed by atoms with Crippen LogP contribution in [0.5, 0.6) is 0 Å². The lowest BCUT2D eigenvalue weighted by Gasteiger charge is -2.37. The zero-order valence-corrected chi connectivity index (χ0v) is 16.9. The van der Waals surface area contributed by atoms with Gasteiger partial charge in [-0.15, -0.1) is 0 Å². The van der Waals surface area contributed by atoms with E-state index in [2.05, 4.69) is 0 Å². The molecule has 2 aromatic carbocycles. The van der Waals surface area contributed by atoms with Crippen molar-refractivity contribution < 1.29 is 23.6 Å². The monoisotopic (exact) mass is 425 g/mol. The van der Waals surface area contributed by atoms with Crippen molar-refractivity contribution in [3.05, 3.63) is 75.7 Å². The molecule has 1 fully saturated rings. The Morgan fingerprint density at radius 1 is 0.968 bits per heavy atom. The van der Waals surface area contributed by atoms with Crippen LogP contribution in [0.4, 0.5) is 15.8 Å². The van der Waals surface area contributed by atoms with E-state index in [0.29, 0.717) is 18.7 Å². The summed E-state index contributed by atoms with van der Waals surface area (Å²) in [6, 6.07) is 10.6. The van der Waals surface area contributed by atoms with Crippen LogP contribution in [0.25, 0.3) is 5.57 Å². The summed E-state index contributed by atoms with van der Waals surface area (Å²) in [7, 11) is 0. The van der Waals surface area contributed by atoms with Gasteiger partial charge in [-0.1, -0.05) is 0 Å². The van der Waals surface area contributed by atoms with Crippen LogP contribution in [-0.2, 0) is 14.3 Å². The van der Waals surface area contributed by atoms with Gasteiger partial charge in [-0.3, -0.25) is 19.7 Å². The van der Waals surface area contributed by atoms with E-state index in [4.69, 9.17) is 4.74 Å². The van der Waals surface area contributed by atoms with Gasteiger partial charge in [-0.05, 0) is 55.8 Å². The molecule has 0 saturated carbocycles. The second kappa shape index (κ2) is 7.92. The zero-order chi connectivity index (χ0) is 22.3. The molecule has 0 bridgehead atoms. The number of carbonyl (C=O) groups is 2. The molecule has 2 amide bonds. The van der Waals surface area contributed by atoms with Crippen LogP contribution in [0.2, 0.25) is 0 Å². The maximum absolute atomic E-state index is 13.4. The van der Waals surface area contributed by atoms with Crippen LogP contribution < -0.4 is 4.90 Å². The van der Waals surface area contributed by atoms with Crippen LogP contribution in [0, 0.1) is 15.9 Å². The Balaban J connectivity index is 1.82. The molecule has 2 aliphatic heterocycles. The Hall–Kier alpha value is -3.59. The minimum absolute atomic E-state index is 0.119. The number of anilines is 1. The van der Waals surface area contributed by atoms with Crippen molar-refractivity contribution in [2.45, 2.75) is 26.1 Å². The zero-order valence-electron chi connectivity index (χ0n) is 16.9. The lowest BCUT2D eigenvalue weighted by Crippen LogP contribution is -2.47. The highest BCUT2D eigenvalue weighted by atomic mass is 19.1. The number of benzene rings is 2. The molecule has 2 unspecified atom stereocenters. The molecule has 0 aliphatic carbocycles. The predicted molar refractivity (Wildman–Crippen MR) is 110 cm³/mol. The normalized spacial score (nSPS) is 21.8. The van der Waals surface area contributed by atoms with Crippen molar-refractivity contribution in [2.75, 3.05) is 18.0 Å². The molecule has 160 valence electrons. The summed E-state index contributed by atoms with van der Waals surface area (Å²) in [5.41, 5.74) is 0.901. The van der Waals surface area contributed by atoms with Gasteiger partial charge in [0.1, 0.15) is 11.5 Å². The number of nitro groups is 1. The molecule has 2 atom stereocenters. The summed E-state index contributed by atoms with van der Waals surface area (Å²) in [6.07, 6.45) is -0.311. The van der Waals surface area contributed by atoms with Crippen molar-refractivity contribution in [3.63, 3.8) is 0 Å². The average Bonchev–Trinajstić information content (AvgIpc) is 2.98. The lowest BCUT2D eigenvalue weighted by molar-refractivity contribution is -0.384. The third-order valence-corrected chi connectivity index (χ3v) is 5.25. The third kappa shape index (κ3) is 3.79. The molecule has 8 nitrogen and oxygen atoms in total. The van der Waals surface area contributed by atoms with E-state index >= 15 is 0 Å². The molecule has 0 spiro atoms. The number of carbonyl (C=O) groups excluding carboxylic acids is 2. The van der Waals surface area contributed by atoms with Crippen molar-refractivity contribution >= 4 is 28.8 Å². The van der Waals surface area contributed by atoms with Crippen LogP contribution >= 0.6 is 0 Å². The van der Waals surface area contributed by atoms with Crippen molar-refractivity contribution in [2.24, 2.45) is 0 Å². The van der Waals surface area contributed by atoms with Gasteiger partial charge in [0.2, 0.25) is 0 Å². The lowest BCUT2D eigenvalue weighted by atomic mass is 10.0. The van der Waals surface area contributed by atoms with E-state index in [9.17, 15) is 24.1 Å². The fourth-order valence-corrected chi connectivity index (χ4v) is 4.01. The van der Waals surface area contributed by atoms with Gasteiger partial charge in [-0.25, -0.2) is 9.29 Å². The molecule has 0 radical (unpaired) electrons. The highest BCUT2D eigenvalue weighted by Gasteiger charge is 2.44. The number of amides is 2. The van der Waals surface area contributed by atoms with Gasteiger partial charge in [0.05, 0.1) is 28.4 Å². The average molecular weight is 425 g/mol. The number of nitrogens with zero attached hydrogens (tertiary/aromatic N) is 3. The fourth-order valence-electron chi connectivity index (χ4n) is 4.01. The first-order chi connectivity index (χ1) is 14.8. The van der Waals surface area contributed by atoms with Crippen molar-refractivity contribution in [1.82, 2.24) is 4.90 Å². The molecule has 31 heavy (non-hydrogen) atoms. The summed E-state index contributed by atoms with van der Waals surface area (Å²) in [6.45, 7) is 4.58. The number of ether oxygens (including phenoxy) is 1. The highest BCUT2D eigenvalue weighted by molar-refractivity contribution is 6.45. The Morgan fingerprint density at radius 3 is 2.10 bits per heavy atom. The second-order valence-corrected chi connectivity index (χ2v) is 7.61. The Bertz CT molecular complexity index is 1070. The quantitative estimate of drug-likeness (QED) is 0.425. The molecule has 2 aliphatic rings. The summed E-state index contributed by atoms with van der Waals surface area (Å²) >= 11 is 0. The van der Waals surface area contributed by atoms with E-state index in [0.717, 1.165) is 4.90 Å². The highest BCUT2D eigenvalue weighted by Crippen LogP contribution is 2.36. The van der Waals surface area contributed by atoms with Crippen LogP contribution in [-0.4, -0.2) is 46.9 Å². The first-order valence-corrected chi connectivity index (χ1v) is 9.80. The number of nitro benzene ring substituents is 1. The summed E-state index contributed by atoms with van der Waals surface area (Å²) in [4.78, 5) is 40.1. The van der Waals surface area contributed by atoms with Crippen LogP contribution in [0.1, 0.15) is 19.4 Å². The van der Waals surface area contributed by atoms with Gasteiger partial charge in [-0.2, -0.15) is 0 Å². The first-order valence-electron chi connectivity index (χ1n) is 9.80. The molecular formula is C22H20FN3O5. The smallest absolute Gasteiger partial charge is 0.282 e. The van der Waals surface area contributed by atoms with Gasteiger partial charge in [0.15, 0.2) is 0 Å². The number of hydrogen-bond acceptors (Lipinski definition) is 6. The molecule has 0 N–H and O–H groups in total. The fraction of sp³-hybridized carbons (Fsp3) is 0.273. The molecule has 2 aromatic rings. The molecule has 4 rings (SSSR count). The Morgan fingerprint density at radius 2 is 1.55 bits per heavy atom. The van der Waals surface area contributed by atoms with E-state index in [-0.39, 0.29) is 34.9 Å². The number of hydrogen-bond donors (Lipinski definition) is 0. The van der Waals surface area contributed by atoms with Crippen molar-refractivity contribution in [1.29, 1.82) is 0 Å². The Kier molecular flexibility index (Phi) is 5.28. The predicted octanol–water partition coefficient (Wildman–Crippen LogP) is 3.13. The van der Waals surface area contributed by atoms with Gasteiger partial charge in [0, 0.05) is 25.2 Å². The van der Waals surface area contributed by atoms with E-state index < -0.39 is 22.6 Å². The summed E-state index contributed by atoms with van der Waals surface area (Å²) in [5.74, 6) is -1.57. The number of morpholine rings is 1. The van der Waals surface area contributed by atoms with Crippen LogP contribution in [0.3, 0.4) is 0 Å². The van der Waals surface area contributed by atoms with Gasteiger partial charge >= 0.3 is 0 Å². The standard InChI is InChI=1S/C22H20FN3O5/c1-13-11-24(12-14(2)31-13)20-19(15-3-7-18(8-4-15)26(29)30)21(27)25(22(20)28)17-9-5-16(23)6-10-17/h3-10,13-14H,11-12H2,1-2H3. The van der Waals surface area contributed by atoms with Crippen LogP contribution in [0.15, 0.2) is 54.2 Å². The van der Waals surface area contributed by atoms with Gasteiger partial charge < -0.3 is 9.64 Å². The van der Waals surface area contributed by atoms with E-state index in [1.807, 2.05) is 18.7 Å². The maximum atomic E-state index is 13.4. The number of non-ortho nitro benzene ring substituents is 1. The molecule has 9 heteroatoms. The van der Waals surface area contributed by atoms with E-state index in [1.165, 1.54) is 48.5 Å². The number of rotatable bonds is 4. The van der Waals surface area contributed by atoms with E-state index in [1.54, 1.807) is 0 Å². The minimum atomic E-state index is -0.563. The van der Waals surface area contributed by atoms with Crippen molar-refractivity contribution in [3.8, 4) is 0 Å². The number of halogens is 1. The summed E-state index contributed by atoms with van der Waals surface area (Å²) < 4.78 is 19.1. The topological polar surface area (TPSA) is 93.0 Å². The molecule has 0 aromatic heterocycles. The van der Waals surface area contributed by atoms with Gasteiger partial charge in [0.25, 0.3) is 17.5 Å². The largest absolute Gasteiger partial charge is 0.372 e. The first kappa shape index (κ1) is 20.7. The minimum Gasteiger partial charge on any atom is -0.372 e. The number of imide groups is 1.